The summed E-state index contributed by atoms with van der Waals surface area (Å²) >= 11 is 1.11. The highest BCUT2D eigenvalue weighted by atomic mass is 32.2. The van der Waals surface area contributed by atoms with Gasteiger partial charge < -0.3 is 15.5 Å². The molecule has 0 amide bonds. The van der Waals surface area contributed by atoms with Gasteiger partial charge in [0.05, 0.1) is 9.82 Å². The van der Waals surface area contributed by atoms with Crippen molar-refractivity contribution in [1.29, 1.82) is 0 Å². The molecule has 0 aliphatic rings. The van der Waals surface area contributed by atoms with Gasteiger partial charge in [-0.3, -0.25) is 10.1 Å². The average molecular weight is 294 g/mol. The van der Waals surface area contributed by atoms with Gasteiger partial charge in [0.2, 0.25) is 0 Å². The molecule has 1 aromatic carbocycles. The van der Waals surface area contributed by atoms with E-state index in [2.05, 4.69) is 15.4 Å². The molecule has 0 aliphatic carbocycles. The van der Waals surface area contributed by atoms with Gasteiger partial charge in [-0.2, -0.15) is 0 Å². The van der Waals surface area contributed by atoms with Crippen LogP contribution in [0.4, 0.5) is 5.69 Å². The number of nitrogens with two attached hydrogens (primary N) is 1. The molecule has 0 spiro atoms. The molecule has 1 aromatic heterocycles. The number of oxime groups is 1. The molecule has 10 heteroatoms. The van der Waals surface area contributed by atoms with Crippen LogP contribution >= 0.6 is 11.8 Å². The van der Waals surface area contributed by atoms with Crippen LogP contribution in [0.25, 0.3) is 0 Å². The fraction of sp³-hybridized carbons (Fsp3) is 0.100. The Balaban J connectivity index is 2.43. The minimum Gasteiger partial charge on any atom is -0.409 e. The standard InChI is InChI=1S/C10H10N6O3S/c1-15-5-12-13-10(15)20-8-3-2-6(9(11)14-17)4-7(8)16(18)19/h2-5,17H,1H3,(H2,11,14). The van der Waals surface area contributed by atoms with Crippen molar-refractivity contribution in [3.05, 3.63) is 40.2 Å². The van der Waals surface area contributed by atoms with E-state index < -0.39 is 4.92 Å². The van der Waals surface area contributed by atoms with E-state index in [9.17, 15) is 10.1 Å². The van der Waals surface area contributed by atoms with E-state index in [1.54, 1.807) is 11.6 Å². The maximum Gasteiger partial charge on any atom is 0.284 e. The molecule has 104 valence electrons. The molecular weight excluding hydrogens is 284 g/mol. The van der Waals surface area contributed by atoms with E-state index in [-0.39, 0.29) is 17.1 Å². The van der Waals surface area contributed by atoms with Crippen LogP contribution in [-0.2, 0) is 7.05 Å². The first-order valence-electron chi connectivity index (χ1n) is 5.31. The third-order valence-electron chi connectivity index (χ3n) is 2.43. The van der Waals surface area contributed by atoms with Crippen LogP contribution in [0.3, 0.4) is 0 Å². The van der Waals surface area contributed by atoms with E-state index in [0.29, 0.717) is 10.1 Å². The molecule has 0 fully saturated rings. The molecule has 0 unspecified atom stereocenters. The van der Waals surface area contributed by atoms with Crippen molar-refractivity contribution < 1.29 is 10.1 Å². The molecule has 0 radical (unpaired) electrons. The van der Waals surface area contributed by atoms with E-state index in [1.165, 1.54) is 24.5 Å². The fourth-order valence-corrected chi connectivity index (χ4v) is 2.28. The summed E-state index contributed by atoms with van der Waals surface area (Å²) in [7, 11) is 1.74. The van der Waals surface area contributed by atoms with Crippen LogP contribution in [0, 0.1) is 10.1 Å². The third-order valence-corrected chi connectivity index (χ3v) is 3.55. The summed E-state index contributed by atoms with van der Waals surface area (Å²) < 4.78 is 1.64. The third kappa shape index (κ3) is 2.69. The Morgan fingerprint density at radius 3 is 2.90 bits per heavy atom. The molecule has 0 saturated heterocycles. The van der Waals surface area contributed by atoms with E-state index in [4.69, 9.17) is 10.9 Å². The molecular formula is C10H10N6O3S. The lowest BCUT2D eigenvalue weighted by atomic mass is 10.2. The predicted molar refractivity (Wildman–Crippen MR) is 70.7 cm³/mol. The predicted octanol–water partition coefficient (Wildman–Crippen LogP) is 0.969. The monoisotopic (exact) mass is 294 g/mol. The zero-order valence-electron chi connectivity index (χ0n) is 10.3. The van der Waals surface area contributed by atoms with Crippen LogP contribution < -0.4 is 5.73 Å². The molecule has 2 aromatic rings. The fourth-order valence-electron chi connectivity index (χ4n) is 1.43. The maximum absolute atomic E-state index is 11.1. The summed E-state index contributed by atoms with van der Waals surface area (Å²) in [5.74, 6) is -0.191. The molecule has 1 heterocycles. The van der Waals surface area contributed by atoms with Gasteiger partial charge in [-0.1, -0.05) is 5.16 Å². The summed E-state index contributed by atoms with van der Waals surface area (Å²) in [5, 5.41) is 30.6. The minimum absolute atomic E-state index is 0.151. The first-order valence-corrected chi connectivity index (χ1v) is 6.12. The number of amidine groups is 1. The molecule has 20 heavy (non-hydrogen) atoms. The molecule has 3 N–H and O–H groups in total. The van der Waals surface area contributed by atoms with Crippen molar-refractivity contribution in [2.75, 3.05) is 0 Å². The van der Waals surface area contributed by atoms with Gasteiger partial charge >= 0.3 is 0 Å². The van der Waals surface area contributed by atoms with E-state index in [0.717, 1.165) is 11.8 Å². The summed E-state index contributed by atoms with van der Waals surface area (Å²) in [6.07, 6.45) is 1.50. The Bertz CT molecular complexity index is 683. The summed E-state index contributed by atoms with van der Waals surface area (Å²) in [6.45, 7) is 0. The van der Waals surface area contributed by atoms with Crippen molar-refractivity contribution in [2.24, 2.45) is 17.9 Å². The molecule has 2 rings (SSSR count). The van der Waals surface area contributed by atoms with Gasteiger partial charge in [0, 0.05) is 18.7 Å². The Morgan fingerprint density at radius 2 is 2.35 bits per heavy atom. The highest BCUT2D eigenvalue weighted by Crippen LogP contribution is 2.34. The largest absolute Gasteiger partial charge is 0.409 e. The zero-order valence-corrected chi connectivity index (χ0v) is 11.1. The van der Waals surface area contributed by atoms with Gasteiger partial charge in [-0.25, -0.2) is 0 Å². The van der Waals surface area contributed by atoms with Crippen molar-refractivity contribution in [3.63, 3.8) is 0 Å². The van der Waals surface area contributed by atoms with Gasteiger partial charge in [0.1, 0.15) is 6.33 Å². The zero-order chi connectivity index (χ0) is 14.7. The maximum atomic E-state index is 11.1. The van der Waals surface area contributed by atoms with Crippen molar-refractivity contribution in [2.45, 2.75) is 10.1 Å². The summed E-state index contributed by atoms with van der Waals surface area (Å²) in [5.41, 5.74) is 5.53. The second kappa shape index (κ2) is 5.57. The van der Waals surface area contributed by atoms with Crippen LogP contribution in [-0.4, -0.2) is 30.7 Å². The minimum atomic E-state index is -0.535. The van der Waals surface area contributed by atoms with Gasteiger partial charge in [-0.05, 0) is 23.9 Å². The van der Waals surface area contributed by atoms with Gasteiger partial charge in [0.25, 0.3) is 5.69 Å². The Morgan fingerprint density at radius 1 is 1.60 bits per heavy atom. The number of benzene rings is 1. The molecule has 9 nitrogen and oxygen atoms in total. The van der Waals surface area contributed by atoms with Crippen LogP contribution in [0.2, 0.25) is 0 Å². The smallest absolute Gasteiger partial charge is 0.284 e. The highest BCUT2D eigenvalue weighted by Gasteiger charge is 2.18. The summed E-state index contributed by atoms with van der Waals surface area (Å²) in [6, 6.07) is 4.29. The second-order valence-corrected chi connectivity index (χ2v) is 4.76. The number of aromatic nitrogens is 3. The second-order valence-electron chi connectivity index (χ2n) is 3.75. The van der Waals surface area contributed by atoms with Gasteiger partial charge in [-0.15, -0.1) is 10.2 Å². The van der Waals surface area contributed by atoms with Crippen LogP contribution in [0.1, 0.15) is 5.56 Å². The van der Waals surface area contributed by atoms with Crippen LogP contribution in [0.15, 0.2) is 39.7 Å². The first-order chi connectivity index (χ1) is 9.52. The Hall–Kier alpha value is -2.62. The quantitative estimate of drug-likeness (QED) is 0.282. The van der Waals surface area contributed by atoms with Crippen molar-refractivity contribution in [1.82, 2.24) is 14.8 Å². The van der Waals surface area contributed by atoms with Crippen molar-refractivity contribution in [3.8, 4) is 0 Å². The molecule has 0 saturated carbocycles. The number of rotatable bonds is 4. The highest BCUT2D eigenvalue weighted by molar-refractivity contribution is 7.99. The van der Waals surface area contributed by atoms with Gasteiger partial charge in [0.15, 0.2) is 11.0 Å². The molecule has 0 bridgehead atoms. The number of aryl methyl sites for hydroxylation is 1. The first kappa shape index (κ1) is 13.8. The lowest BCUT2D eigenvalue weighted by molar-refractivity contribution is -0.387. The lowest BCUT2D eigenvalue weighted by Crippen LogP contribution is -2.13. The Labute approximate surface area is 117 Å². The molecule has 0 aliphatic heterocycles. The summed E-state index contributed by atoms with van der Waals surface area (Å²) in [4.78, 5) is 11.0. The van der Waals surface area contributed by atoms with Crippen molar-refractivity contribution >= 4 is 23.3 Å². The number of nitro benzene ring substituents is 1. The number of nitro groups is 1. The SMILES string of the molecule is Cn1cnnc1Sc1ccc(C(N)=NO)cc1[N+](=O)[O-]. The van der Waals surface area contributed by atoms with E-state index >= 15 is 0 Å². The number of hydrogen-bond acceptors (Lipinski definition) is 7. The Kier molecular flexibility index (Phi) is 3.84. The topological polar surface area (TPSA) is 132 Å². The lowest BCUT2D eigenvalue weighted by Gasteiger charge is -2.04. The normalized spacial score (nSPS) is 11.6. The number of hydrogen-bond donors (Lipinski definition) is 2. The number of nitrogens with zero attached hydrogens (tertiary/aromatic N) is 5. The average Bonchev–Trinajstić information content (AvgIpc) is 2.83. The van der Waals surface area contributed by atoms with Crippen LogP contribution in [0.5, 0.6) is 0 Å². The molecule has 0 atom stereocenters. The van der Waals surface area contributed by atoms with E-state index in [1.807, 2.05) is 0 Å².